The van der Waals surface area contributed by atoms with E-state index in [2.05, 4.69) is 6.92 Å². The molecule has 1 saturated carbocycles. The lowest BCUT2D eigenvalue weighted by Crippen LogP contribution is -2.30. The van der Waals surface area contributed by atoms with Gasteiger partial charge in [0.2, 0.25) is 0 Å². The Kier molecular flexibility index (Phi) is 4.40. The van der Waals surface area contributed by atoms with Crippen LogP contribution in [0.15, 0.2) is 18.2 Å². The summed E-state index contributed by atoms with van der Waals surface area (Å²) in [6, 6.07) is 4.17. The Morgan fingerprint density at radius 2 is 2.16 bits per heavy atom. The molecule has 0 saturated heterocycles. The Morgan fingerprint density at radius 3 is 2.84 bits per heavy atom. The van der Waals surface area contributed by atoms with Gasteiger partial charge < -0.3 is 9.84 Å². The lowest BCUT2D eigenvalue weighted by Gasteiger charge is -2.31. The molecule has 2 unspecified atom stereocenters. The second kappa shape index (κ2) is 6.04. The van der Waals surface area contributed by atoms with Crippen molar-refractivity contribution in [3.05, 3.63) is 29.6 Å². The molecule has 3 nitrogen and oxygen atoms in total. The monoisotopic (exact) mass is 266 g/mol. The molecule has 1 aliphatic rings. The summed E-state index contributed by atoms with van der Waals surface area (Å²) in [7, 11) is 0. The lowest BCUT2D eigenvalue weighted by molar-refractivity contribution is 0.0657. The molecule has 0 aliphatic heterocycles. The van der Waals surface area contributed by atoms with Crippen molar-refractivity contribution in [2.45, 2.75) is 45.1 Å². The maximum Gasteiger partial charge on any atom is 0.342 e. The maximum atomic E-state index is 13.6. The van der Waals surface area contributed by atoms with Gasteiger partial charge in [0.15, 0.2) is 0 Å². The van der Waals surface area contributed by atoms with E-state index >= 15 is 0 Å². The first-order chi connectivity index (χ1) is 9.13. The summed E-state index contributed by atoms with van der Waals surface area (Å²) in [5.74, 6) is -1.44. The molecular weight excluding hydrogens is 247 g/mol. The minimum Gasteiger partial charge on any atom is -0.489 e. The van der Waals surface area contributed by atoms with Gasteiger partial charge in [-0.05, 0) is 43.7 Å². The molecule has 104 valence electrons. The van der Waals surface area contributed by atoms with Gasteiger partial charge in [0.25, 0.3) is 0 Å². The van der Waals surface area contributed by atoms with Gasteiger partial charge in [-0.15, -0.1) is 0 Å². The fourth-order valence-corrected chi connectivity index (χ4v) is 2.77. The number of hydrogen-bond donors (Lipinski definition) is 1. The molecule has 0 heterocycles. The highest BCUT2D eigenvalue weighted by molar-refractivity contribution is 5.91. The Balaban J connectivity index is 2.22. The molecule has 1 aliphatic carbocycles. The number of carbonyl (C=O) groups is 1. The zero-order valence-electron chi connectivity index (χ0n) is 11.1. The van der Waals surface area contributed by atoms with Crippen LogP contribution in [0.2, 0.25) is 0 Å². The van der Waals surface area contributed by atoms with Crippen molar-refractivity contribution in [2.75, 3.05) is 0 Å². The Labute approximate surface area is 112 Å². The number of rotatable bonds is 4. The van der Waals surface area contributed by atoms with Gasteiger partial charge in [0, 0.05) is 0 Å². The first-order valence-electron chi connectivity index (χ1n) is 6.82. The molecule has 19 heavy (non-hydrogen) atoms. The van der Waals surface area contributed by atoms with Gasteiger partial charge in [-0.25, -0.2) is 9.18 Å². The van der Waals surface area contributed by atoms with E-state index < -0.39 is 11.8 Å². The van der Waals surface area contributed by atoms with Crippen LogP contribution in [0.1, 0.15) is 49.4 Å². The second-order valence-electron chi connectivity index (χ2n) is 5.03. The molecule has 0 aromatic heterocycles. The summed E-state index contributed by atoms with van der Waals surface area (Å²) >= 11 is 0. The SMILES string of the molecule is CCC1CCCCC1Oc1cccc(F)c1C(=O)O. The molecule has 1 N–H and O–H groups in total. The van der Waals surface area contributed by atoms with E-state index in [0.717, 1.165) is 31.7 Å². The van der Waals surface area contributed by atoms with Crippen LogP contribution in [-0.4, -0.2) is 17.2 Å². The van der Waals surface area contributed by atoms with Gasteiger partial charge in [-0.3, -0.25) is 0 Å². The standard InChI is InChI=1S/C15H19FO3/c1-2-10-6-3-4-8-12(10)19-13-9-5-7-11(16)14(13)15(17)18/h5,7,9-10,12H,2-4,6,8H2,1H3,(H,17,18). The molecule has 0 bridgehead atoms. The van der Waals surface area contributed by atoms with Crippen LogP contribution < -0.4 is 4.74 Å². The van der Waals surface area contributed by atoms with Gasteiger partial charge in [-0.1, -0.05) is 19.4 Å². The van der Waals surface area contributed by atoms with Crippen LogP contribution in [-0.2, 0) is 0 Å². The highest BCUT2D eigenvalue weighted by Crippen LogP contribution is 2.32. The van der Waals surface area contributed by atoms with Gasteiger partial charge in [-0.2, -0.15) is 0 Å². The summed E-state index contributed by atoms with van der Waals surface area (Å²) in [5.41, 5.74) is -0.358. The molecular formula is C15H19FO3. The second-order valence-corrected chi connectivity index (χ2v) is 5.03. The fourth-order valence-electron chi connectivity index (χ4n) is 2.77. The van der Waals surface area contributed by atoms with Crippen LogP contribution in [0.5, 0.6) is 5.75 Å². The molecule has 0 spiro atoms. The lowest BCUT2D eigenvalue weighted by atomic mass is 9.84. The van der Waals surface area contributed by atoms with Crippen molar-refractivity contribution in [1.29, 1.82) is 0 Å². The van der Waals surface area contributed by atoms with Gasteiger partial charge in [0.05, 0.1) is 0 Å². The quantitative estimate of drug-likeness (QED) is 0.899. The first-order valence-corrected chi connectivity index (χ1v) is 6.82. The molecule has 1 aromatic carbocycles. The number of carboxylic acids is 1. The number of halogens is 1. The van der Waals surface area contributed by atoms with Crippen LogP contribution in [0.25, 0.3) is 0 Å². The van der Waals surface area contributed by atoms with Crippen molar-refractivity contribution in [3.63, 3.8) is 0 Å². The van der Waals surface area contributed by atoms with Crippen molar-refractivity contribution in [3.8, 4) is 5.75 Å². The van der Waals surface area contributed by atoms with E-state index in [-0.39, 0.29) is 17.4 Å². The average molecular weight is 266 g/mol. The molecule has 2 rings (SSSR count). The van der Waals surface area contributed by atoms with Crippen molar-refractivity contribution < 1.29 is 19.0 Å². The third kappa shape index (κ3) is 3.06. The maximum absolute atomic E-state index is 13.6. The number of aromatic carboxylic acids is 1. The summed E-state index contributed by atoms with van der Waals surface area (Å²) in [4.78, 5) is 11.1. The molecule has 0 radical (unpaired) electrons. The third-order valence-electron chi connectivity index (χ3n) is 3.83. The topological polar surface area (TPSA) is 46.5 Å². The molecule has 0 amide bonds. The number of carboxylic acid groups (broad SMARTS) is 1. The summed E-state index contributed by atoms with van der Waals surface area (Å²) in [6.07, 6.45) is 5.28. The van der Waals surface area contributed by atoms with E-state index in [1.165, 1.54) is 18.6 Å². The number of ether oxygens (including phenoxy) is 1. The summed E-state index contributed by atoms with van der Waals surface area (Å²) in [5, 5.41) is 9.08. The first kappa shape index (κ1) is 13.8. The van der Waals surface area contributed by atoms with E-state index in [9.17, 15) is 9.18 Å². The molecule has 2 atom stereocenters. The fraction of sp³-hybridized carbons (Fsp3) is 0.533. The van der Waals surface area contributed by atoms with Crippen molar-refractivity contribution in [1.82, 2.24) is 0 Å². The number of hydrogen-bond acceptors (Lipinski definition) is 2. The van der Waals surface area contributed by atoms with Crippen LogP contribution in [0, 0.1) is 11.7 Å². The Hall–Kier alpha value is -1.58. The van der Waals surface area contributed by atoms with E-state index in [0.29, 0.717) is 5.92 Å². The predicted octanol–water partition coefficient (Wildman–Crippen LogP) is 3.87. The highest BCUT2D eigenvalue weighted by atomic mass is 19.1. The number of benzene rings is 1. The molecule has 1 fully saturated rings. The predicted molar refractivity (Wildman–Crippen MR) is 70.0 cm³/mol. The Morgan fingerprint density at radius 1 is 1.42 bits per heavy atom. The van der Waals surface area contributed by atoms with Crippen molar-refractivity contribution in [2.24, 2.45) is 5.92 Å². The van der Waals surface area contributed by atoms with Crippen LogP contribution in [0.4, 0.5) is 4.39 Å². The molecule has 4 heteroatoms. The zero-order valence-corrected chi connectivity index (χ0v) is 11.1. The summed E-state index contributed by atoms with van der Waals surface area (Å²) in [6.45, 7) is 2.11. The summed E-state index contributed by atoms with van der Waals surface area (Å²) < 4.78 is 19.4. The van der Waals surface area contributed by atoms with Crippen LogP contribution in [0.3, 0.4) is 0 Å². The van der Waals surface area contributed by atoms with E-state index in [4.69, 9.17) is 9.84 Å². The van der Waals surface area contributed by atoms with Crippen LogP contribution >= 0.6 is 0 Å². The third-order valence-corrected chi connectivity index (χ3v) is 3.83. The minimum atomic E-state index is -1.28. The van der Waals surface area contributed by atoms with Crippen molar-refractivity contribution >= 4 is 5.97 Å². The Bertz CT molecular complexity index is 459. The highest BCUT2D eigenvalue weighted by Gasteiger charge is 2.27. The smallest absolute Gasteiger partial charge is 0.342 e. The normalized spacial score (nSPS) is 23.1. The van der Waals surface area contributed by atoms with Gasteiger partial charge in [0.1, 0.15) is 23.2 Å². The average Bonchev–Trinajstić information content (AvgIpc) is 2.39. The largest absolute Gasteiger partial charge is 0.489 e. The molecule has 1 aromatic rings. The van der Waals surface area contributed by atoms with E-state index in [1.54, 1.807) is 0 Å². The minimum absolute atomic E-state index is 0.00125. The van der Waals surface area contributed by atoms with Gasteiger partial charge >= 0.3 is 5.97 Å². The zero-order chi connectivity index (χ0) is 13.8. The van der Waals surface area contributed by atoms with E-state index in [1.807, 2.05) is 0 Å².